The number of ether oxygens (including phenoxy) is 2. The summed E-state index contributed by atoms with van der Waals surface area (Å²) in [5.41, 5.74) is 1.74. The fourth-order valence-electron chi connectivity index (χ4n) is 8.55. The van der Waals surface area contributed by atoms with Crippen LogP contribution in [0.15, 0.2) is 60.8 Å². The van der Waals surface area contributed by atoms with Gasteiger partial charge in [-0.3, -0.25) is 14.8 Å². The molecular formula is C40H40F2N6O3. The Kier molecular flexibility index (Phi) is 7.79. The number of carbonyl (C=O) groups excluding carboxylic acids is 1. The van der Waals surface area contributed by atoms with E-state index >= 15 is 4.39 Å². The second kappa shape index (κ2) is 12.0. The van der Waals surface area contributed by atoms with E-state index < -0.39 is 17.2 Å². The van der Waals surface area contributed by atoms with Crippen LogP contribution in [0.1, 0.15) is 52.0 Å². The van der Waals surface area contributed by atoms with Crippen LogP contribution in [-0.4, -0.2) is 86.9 Å². The van der Waals surface area contributed by atoms with E-state index in [2.05, 4.69) is 38.8 Å². The molecule has 0 spiro atoms. The third kappa shape index (κ3) is 5.66. The molecule has 4 aliphatic rings. The number of nitrogens with zero attached hydrogens (tertiary/aromatic N) is 6. The zero-order valence-electron chi connectivity index (χ0n) is 29.1. The summed E-state index contributed by atoms with van der Waals surface area (Å²) >= 11 is 0. The number of rotatable bonds is 5. The van der Waals surface area contributed by atoms with E-state index in [1.807, 2.05) is 25.7 Å². The number of fused-ring (bicyclic) bond motifs is 5. The lowest BCUT2D eigenvalue weighted by molar-refractivity contribution is 0.0122. The van der Waals surface area contributed by atoms with Crippen LogP contribution in [0.4, 0.5) is 19.4 Å². The number of piperazine rings is 1. The molecule has 6 heterocycles. The van der Waals surface area contributed by atoms with Crippen LogP contribution in [0, 0.1) is 24.0 Å². The van der Waals surface area contributed by atoms with Crippen molar-refractivity contribution in [1.82, 2.24) is 24.8 Å². The molecule has 0 radical (unpaired) electrons. The molecule has 4 fully saturated rings. The molecule has 2 aromatic heterocycles. The first-order valence-electron chi connectivity index (χ1n) is 17.4. The third-order valence-electron chi connectivity index (χ3n) is 10.6. The second-order valence-electron chi connectivity index (χ2n) is 15.4. The number of amides is 1. The average molecular weight is 691 g/mol. The number of terminal acetylenes is 1. The van der Waals surface area contributed by atoms with Gasteiger partial charge in [0, 0.05) is 43.3 Å². The number of hydrogen-bond acceptors (Lipinski definition) is 8. The normalized spacial score (nSPS) is 21.4. The van der Waals surface area contributed by atoms with E-state index in [1.54, 1.807) is 30.5 Å². The summed E-state index contributed by atoms with van der Waals surface area (Å²) in [7, 11) is 0. The molecule has 0 N–H and O–H groups in total. The summed E-state index contributed by atoms with van der Waals surface area (Å²) in [6.45, 7) is 16.8. The highest BCUT2D eigenvalue weighted by atomic mass is 19.1. The molecular weight excluding hydrogens is 650 g/mol. The van der Waals surface area contributed by atoms with Gasteiger partial charge in [0.05, 0.1) is 28.6 Å². The van der Waals surface area contributed by atoms with E-state index in [0.717, 1.165) is 49.9 Å². The molecule has 0 aliphatic carbocycles. The Hall–Kier alpha value is -5.08. The van der Waals surface area contributed by atoms with Gasteiger partial charge in [-0.15, -0.1) is 6.42 Å². The Morgan fingerprint density at radius 1 is 1.06 bits per heavy atom. The Balaban J connectivity index is 1.22. The molecule has 8 rings (SSSR count). The summed E-state index contributed by atoms with van der Waals surface area (Å²) in [4.78, 5) is 33.7. The lowest BCUT2D eigenvalue weighted by Crippen LogP contribution is -2.57. The van der Waals surface area contributed by atoms with Crippen LogP contribution in [0.25, 0.3) is 32.9 Å². The summed E-state index contributed by atoms with van der Waals surface area (Å²) in [6.07, 6.45) is 10.1. The Bertz CT molecular complexity index is 2160. The number of benzene rings is 2. The molecule has 4 saturated heterocycles. The van der Waals surface area contributed by atoms with Crippen molar-refractivity contribution in [2.24, 2.45) is 0 Å². The first kappa shape index (κ1) is 33.1. The number of halogens is 2. The van der Waals surface area contributed by atoms with Crippen molar-refractivity contribution in [3.63, 3.8) is 0 Å². The minimum absolute atomic E-state index is 0.00966. The molecule has 4 aromatic rings. The summed E-state index contributed by atoms with van der Waals surface area (Å²) in [6, 6.07) is 7.98. The van der Waals surface area contributed by atoms with Crippen LogP contribution in [0.3, 0.4) is 0 Å². The Labute approximate surface area is 296 Å². The Morgan fingerprint density at radius 3 is 2.43 bits per heavy atom. The van der Waals surface area contributed by atoms with E-state index in [1.165, 1.54) is 6.07 Å². The smallest absolute Gasteiger partial charge is 0.410 e. The highest BCUT2D eigenvalue weighted by molar-refractivity contribution is 6.02. The van der Waals surface area contributed by atoms with Gasteiger partial charge >= 0.3 is 12.1 Å². The minimum Gasteiger partial charge on any atom is -0.461 e. The summed E-state index contributed by atoms with van der Waals surface area (Å²) < 4.78 is 44.1. The van der Waals surface area contributed by atoms with Gasteiger partial charge in [-0.2, -0.15) is 9.97 Å². The standard InChI is InChI=1S/C40H40F2N6O3/c1-7-28-31(41)14-11-25-9-8-10-29(32(25)28)34-33(42)35-30(17-43-34)36(46-20-26-12-13-27(21-46)48(26)38(49)51-39(4,5)6)45-37(44-35)50-22-40-15-23(2)18-47(40)19-24(3)16-40/h1,8-11,14,17,26-27H,2-3,12-13,15-16,18-22H2,4-6H3/t26-,27+. The quantitative estimate of drug-likeness (QED) is 0.163. The maximum atomic E-state index is 17.0. The van der Waals surface area contributed by atoms with Gasteiger partial charge in [-0.25, -0.2) is 13.6 Å². The molecule has 9 nitrogen and oxygen atoms in total. The molecule has 1 amide bonds. The SMILES string of the molecule is C#Cc1c(F)ccc2cccc(-c3ncc4c(N5C[C@H]6CC[C@@H](C5)N6C(=O)OC(C)(C)C)nc(OCC56CC(=C)CN5CC(=C)C6)nc4c3F)c12. The van der Waals surface area contributed by atoms with Gasteiger partial charge in [0.1, 0.15) is 35.1 Å². The van der Waals surface area contributed by atoms with Crippen molar-refractivity contribution < 1.29 is 23.0 Å². The van der Waals surface area contributed by atoms with Crippen LogP contribution >= 0.6 is 0 Å². The first-order valence-corrected chi connectivity index (χ1v) is 17.4. The predicted octanol–water partition coefficient (Wildman–Crippen LogP) is 7.03. The number of carbonyl (C=O) groups is 1. The molecule has 2 bridgehead atoms. The van der Waals surface area contributed by atoms with Crippen molar-refractivity contribution >= 4 is 33.6 Å². The molecule has 0 saturated carbocycles. The lowest BCUT2D eigenvalue weighted by Gasteiger charge is -2.42. The molecule has 4 aliphatic heterocycles. The molecule has 262 valence electrons. The maximum absolute atomic E-state index is 17.0. The number of aromatic nitrogens is 3. The largest absolute Gasteiger partial charge is 0.461 e. The van der Waals surface area contributed by atoms with Crippen LogP contribution in [-0.2, 0) is 4.74 Å². The van der Waals surface area contributed by atoms with Gasteiger partial charge in [0.2, 0.25) is 0 Å². The second-order valence-corrected chi connectivity index (χ2v) is 15.4. The van der Waals surface area contributed by atoms with E-state index in [4.69, 9.17) is 20.9 Å². The first-order chi connectivity index (χ1) is 24.3. The van der Waals surface area contributed by atoms with Crippen molar-refractivity contribution in [2.75, 3.05) is 37.7 Å². The highest BCUT2D eigenvalue weighted by Crippen LogP contribution is 2.44. The van der Waals surface area contributed by atoms with E-state index in [9.17, 15) is 9.18 Å². The van der Waals surface area contributed by atoms with Gasteiger partial charge < -0.3 is 14.4 Å². The molecule has 11 heteroatoms. The number of hydrogen-bond donors (Lipinski definition) is 0. The van der Waals surface area contributed by atoms with Gasteiger partial charge in [-0.05, 0) is 57.9 Å². The van der Waals surface area contributed by atoms with Crippen LogP contribution in [0.2, 0.25) is 0 Å². The highest BCUT2D eigenvalue weighted by Gasteiger charge is 2.48. The van der Waals surface area contributed by atoms with Crippen molar-refractivity contribution in [3.05, 3.63) is 78.0 Å². The number of pyridine rings is 1. The van der Waals surface area contributed by atoms with E-state index in [-0.39, 0.29) is 53.1 Å². The topological polar surface area (TPSA) is 83.9 Å². The summed E-state index contributed by atoms with van der Waals surface area (Å²) in [5.74, 6) is 1.65. The lowest BCUT2D eigenvalue weighted by atomic mass is 9.92. The van der Waals surface area contributed by atoms with Crippen molar-refractivity contribution in [3.8, 4) is 29.6 Å². The Morgan fingerprint density at radius 2 is 1.76 bits per heavy atom. The third-order valence-corrected chi connectivity index (χ3v) is 10.6. The molecule has 51 heavy (non-hydrogen) atoms. The van der Waals surface area contributed by atoms with Crippen LogP contribution in [0.5, 0.6) is 6.01 Å². The number of anilines is 1. The molecule has 0 unspecified atom stereocenters. The zero-order chi connectivity index (χ0) is 35.8. The van der Waals surface area contributed by atoms with Gasteiger partial charge in [0.25, 0.3) is 0 Å². The predicted molar refractivity (Wildman–Crippen MR) is 193 cm³/mol. The minimum atomic E-state index is -0.695. The van der Waals surface area contributed by atoms with Gasteiger partial charge in [0.15, 0.2) is 5.82 Å². The van der Waals surface area contributed by atoms with Crippen molar-refractivity contribution in [1.29, 1.82) is 0 Å². The van der Waals surface area contributed by atoms with Crippen molar-refractivity contribution in [2.45, 2.75) is 69.7 Å². The van der Waals surface area contributed by atoms with E-state index in [0.29, 0.717) is 40.6 Å². The van der Waals surface area contributed by atoms with Crippen LogP contribution < -0.4 is 9.64 Å². The fraction of sp³-hybridized carbons (Fsp3) is 0.400. The summed E-state index contributed by atoms with van der Waals surface area (Å²) in [5, 5.41) is 1.46. The molecule has 2 aromatic carbocycles. The average Bonchev–Trinajstić information content (AvgIpc) is 3.65. The maximum Gasteiger partial charge on any atom is 0.410 e. The molecule has 2 atom stereocenters. The van der Waals surface area contributed by atoms with Gasteiger partial charge in [-0.1, -0.05) is 54.5 Å². The monoisotopic (exact) mass is 690 g/mol. The fourth-order valence-corrected chi connectivity index (χ4v) is 8.55. The zero-order valence-corrected chi connectivity index (χ0v) is 29.1.